The van der Waals surface area contributed by atoms with E-state index >= 15 is 0 Å². The van der Waals surface area contributed by atoms with E-state index in [4.69, 9.17) is 9.47 Å². The third-order valence-corrected chi connectivity index (χ3v) is 3.38. The summed E-state index contributed by atoms with van der Waals surface area (Å²) >= 11 is 3.52. The van der Waals surface area contributed by atoms with Gasteiger partial charge >= 0.3 is 0 Å². The van der Waals surface area contributed by atoms with E-state index in [1.807, 2.05) is 50.2 Å². The van der Waals surface area contributed by atoms with Gasteiger partial charge in [0.1, 0.15) is 0 Å². The minimum atomic E-state index is 0.0931. The van der Waals surface area contributed by atoms with Crippen molar-refractivity contribution in [2.45, 2.75) is 26.5 Å². The molecule has 0 aliphatic heterocycles. The first-order chi connectivity index (χ1) is 10.1. The Morgan fingerprint density at radius 2 is 1.86 bits per heavy atom. The molecule has 2 rings (SSSR count). The van der Waals surface area contributed by atoms with Crippen LogP contribution in [-0.4, -0.2) is 13.2 Å². The van der Waals surface area contributed by atoms with Crippen molar-refractivity contribution < 1.29 is 9.47 Å². The van der Waals surface area contributed by atoms with E-state index in [1.165, 1.54) is 0 Å². The molecule has 0 aliphatic rings. The number of rotatable bonds is 6. The molecule has 0 saturated heterocycles. The number of halogens is 1. The fraction of sp³-hybridized carbons (Fsp3) is 0.294. The Hall–Kier alpha value is -1.68. The molecule has 0 saturated carbocycles. The smallest absolute Gasteiger partial charge is 0.166 e. The predicted octanol–water partition coefficient (Wildman–Crippen LogP) is 4.86. The van der Waals surface area contributed by atoms with Crippen LogP contribution in [0.4, 0.5) is 5.69 Å². The maximum Gasteiger partial charge on any atom is 0.166 e. The summed E-state index contributed by atoms with van der Waals surface area (Å²) in [6.07, 6.45) is 0.0931. The van der Waals surface area contributed by atoms with Gasteiger partial charge in [-0.2, -0.15) is 0 Å². The van der Waals surface area contributed by atoms with E-state index in [9.17, 15) is 0 Å². The summed E-state index contributed by atoms with van der Waals surface area (Å²) in [5.41, 5.74) is 2.13. The summed E-state index contributed by atoms with van der Waals surface area (Å²) in [4.78, 5) is 0. The molecule has 0 radical (unpaired) electrons. The molecule has 4 heteroatoms. The number of hydrogen-bond acceptors (Lipinski definition) is 3. The molecule has 0 aliphatic carbocycles. The third-order valence-electron chi connectivity index (χ3n) is 2.93. The quantitative estimate of drug-likeness (QED) is 0.807. The lowest BCUT2D eigenvalue weighted by molar-refractivity contribution is 0.228. The maximum atomic E-state index is 5.92. The second kappa shape index (κ2) is 7.36. The summed E-state index contributed by atoms with van der Waals surface area (Å²) in [5.74, 6) is 1.53. The van der Waals surface area contributed by atoms with Crippen molar-refractivity contribution in [1.29, 1.82) is 0 Å². The van der Waals surface area contributed by atoms with E-state index in [1.54, 1.807) is 7.11 Å². The molecule has 0 aromatic heterocycles. The van der Waals surface area contributed by atoms with Crippen LogP contribution in [0.2, 0.25) is 0 Å². The van der Waals surface area contributed by atoms with Crippen molar-refractivity contribution >= 4 is 21.6 Å². The van der Waals surface area contributed by atoms with Crippen LogP contribution >= 0.6 is 15.9 Å². The van der Waals surface area contributed by atoms with Gasteiger partial charge in [0.05, 0.1) is 13.2 Å². The van der Waals surface area contributed by atoms with Crippen LogP contribution in [-0.2, 0) is 6.54 Å². The lowest BCUT2D eigenvalue weighted by Crippen LogP contribution is -2.10. The highest BCUT2D eigenvalue weighted by atomic mass is 79.9. The number of para-hydroxylation sites is 1. The summed E-state index contributed by atoms with van der Waals surface area (Å²) in [5, 5.41) is 3.40. The average Bonchev–Trinajstić information content (AvgIpc) is 2.47. The number of anilines is 1. The zero-order chi connectivity index (χ0) is 15.2. The fourth-order valence-corrected chi connectivity index (χ4v) is 2.51. The minimum absolute atomic E-state index is 0.0931. The first-order valence-electron chi connectivity index (χ1n) is 6.92. The molecule has 112 valence electrons. The topological polar surface area (TPSA) is 30.5 Å². The Labute approximate surface area is 134 Å². The number of hydrogen-bond donors (Lipinski definition) is 1. The van der Waals surface area contributed by atoms with Crippen molar-refractivity contribution in [1.82, 2.24) is 0 Å². The molecule has 0 unspecified atom stereocenters. The summed E-state index contributed by atoms with van der Waals surface area (Å²) in [6.45, 7) is 4.69. The van der Waals surface area contributed by atoms with E-state index in [0.717, 1.165) is 27.2 Å². The highest BCUT2D eigenvalue weighted by Gasteiger charge is 2.14. The van der Waals surface area contributed by atoms with Gasteiger partial charge in [0, 0.05) is 22.3 Å². The zero-order valence-corrected chi connectivity index (χ0v) is 14.1. The lowest BCUT2D eigenvalue weighted by atomic mass is 10.1. The van der Waals surface area contributed by atoms with Gasteiger partial charge in [-0.15, -0.1) is 0 Å². The van der Waals surface area contributed by atoms with Gasteiger partial charge in [0.15, 0.2) is 11.5 Å². The predicted molar refractivity (Wildman–Crippen MR) is 90.2 cm³/mol. The SMILES string of the molecule is COc1cc(Br)cc(CNc2ccccc2)c1OC(C)C. The number of ether oxygens (including phenoxy) is 2. The van der Waals surface area contributed by atoms with Gasteiger partial charge < -0.3 is 14.8 Å². The molecule has 0 atom stereocenters. The highest BCUT2D eigenvalue weighted by molar-refractivity contribution is 9.10. The molecule has 0 bridgehead atoms. The van der Waals surface area contributed by atoms with E-state index in [2.05, 4.69) is 27.3 Å². The van der Waals surface area contributed by atoms with Crippen molar-refractivity contribution in [3.05, 3.63) is 52.5 Å². The molecule has 0 spiro atoms. The van der Waals surface area contributed by atoms with Crippen molar-refractivity contribution in [3.63, 3.8) is 0 Å². The van der Waals surface area contributed by atoms with Crippen molar-refractivity contribution in [2.24, 2.45) is 0 Å². The summed E-state index contributed by atoms with van der Waals surface area (Å²) in [6, 6.07) is 14.1. The maximum absolute atomic E-state index is 5.92. The number of methoxy groups -OCH3 is 1. The molecular weight excluding hydrogens is 330 g/mol. The number of benzene rings is 2. The van der Waals surface area contributed by atoms with Crippen LogP contribution in [0.3, 0.4) is 0 Å². The van der Waals surface area contributed by atoms with Crippen molar-refractivity contribution in [2.75, 3.05) is 12.4 Å². The molecule has 2 aromatic carbocycles. The Morgan fingerprint density at radius 1 is 1.14 bits per heavy atom. The highest BCUT2D eigenvalue weighted by Crippen LogP contribution is 2.36. The molecule has 21 heavy (non-hydrogen) atoms. The molecule has 3 nitrogen and oxygen atoms in total. The van der Waals surface area contributed by atoms with Crippen LogP contribution in [0.5, 0.6) is 11.5 Å². The van der Waals surface area contributed by atoms with Crippen LogP contribution in [0, 0.1) is 0 Å². The van der Waals surface area contributed by atoms with Gasteiger partial charge in [-0.05, 0) is 38.1 Å². The van der Waals surface area contributed by atoms with Crippen LogP contribution in [0.25, 0.3) is 0 Å². The standard InChI is InChI=1S/C17H20BrNO2/c1-12(2)21-17-13(9-14(18)10-16(17)20-3)11-19-15-7-5-4-6-8-15/h4-10,12,19H,11H2,1-3H3. The summed E-state index contributed by atoms with van der Waals surface area (Å²) < 4.78 is 12.3. The zero-order valence-electron chi connectivity index (χ0n) is 12.5. The molecule has 0 heterocycles. The van der Waals surface area contributed by atoms with E-state index in [0.29, 0.717) is 6.54 Å². The van der Waals surface area contributed by atoms with E-state index < -0.39 is 0 Å². The monoisotopic (exact) mass is 349 g/mol. The number of nitrogens with one attached hydrogen (secondary N) is 1. The minimum Gasteiger partial charge on any atom is -0.493 e. The van der Waals surface area contributed by atoms with Crippen molar-refractivity contribution in [3.8, 4) is 11.5 Å². The molecule has 0 amide bonds. The average molecular weight is 350 g/mol. The Balaban J connectivity index is 2.25. The lowest BCUT2D eigenvalue weighted by Gasteiger charge is -2.18. The van der Waals surface area contributed by atoms with Gasteiger partial charge in [0.2, 0.25) is 0 Å². The first-order valence-corrected chi connectivity index (χ1v) is 7.71. The molecule has 2 aromatic rings. The molecule has 1 N–H and O–H groups in total. The van der Waals surface area contributed by atoms with Crippen LogP contribution < -0.4 is 14.8 Å². The second-order valence-corrected chi connectivity index (χ2v) is 5.90. The Kier molecular flexibility index (Phi) is 5.51. The normalized spacial score (nSPS) is 10.5. The molecular formula is C17H20BrNO2. The van der Waals surface area contributed by atoms with Gasteiger partial charge in [-0.1, -0.05) is 34.1 Å². The van der Waals surface area contributed by atoms with Crippen LogP contribution in [0.1, 0.15) is 19.4 Å². The molecule has 0 fully saturated rings. The van der Waals surface area contributed by atoms with Crippen LogP contribution in [0.15, 0.2) is 46.9 Å². The second-order valence-electron chi connectivity index (χ2n) is 4.98. The van der Waals surface area contributed by atoms with Gasteiger partial charge in [-0.3, -0.25) is 0 Å². The fourth-order valence-electron chi connectivity index (χ4n) is 2.03. The largest absolute Gasteiger partial charge is 0.493 e. The third kappa shape index (κ3) is 4.39. The van der Waals surface area contributed by atoms with E-state index in [-0.39, 0.29) is 6.10 Å². The summed E-state index contributed by atoms with van der Waals surface area (Å²) in [7, 11) is 1.66. The Bertz CT molecular complexity index is 585. The van der Waals surface area contributed by atoms with Gasteiger partial charge in [-0.25, -0.2) is 0 Å². The Morgan fingerprint density at radius 3 is 2.48 bits per heavy atom. The first kappa shape index (κ1) is 15.7. The van der Waals surface area contributed by atoms with Gasteiger partial charge in [0.25, 0.3) is 0 Å².